The fourth-order valence-corrected chi connectivity index (χ4v) is 11.1. The van der Waals surface area contributed by atoms with E-state index in [1.165, 1.54) is 4.90 Å². The van der Waals surface area contributed by atoms with Crippen molar-refractivity contribution in [1.29, 1.82) is 0 Å². The lowest BCUT2D eigenvalue weighted by molar-refractivity contribution is -0.140. The fraction of sp³-hybridized carbons (Fsp3) is 0.186. The molecule has 246 valence electrons. The Morgan fingerprint density at radius 3 is 1.45 bits per heavy atom. The van der Waals surface area contributed by atoms with Crippen molar-refractivity contribution < 1.29 is 19.2 Å². The molecule has 5 aromatic rings. The highest BCUT2D eigenvalue weighted by atomic mass is 35.5. The zero-order valence-corrected chi connectivity index (χ0v) is 27.8. The third-order valence-electron chi connectivity index (χ3n) is 12.6. The van der Waals surface area contributed by atoms with Gasteiger partial charge in [-0.15, -0.1) is 0 Å². The molecule has 4 amide bonds. The molecule has 2 fully saturated rings. The smallest absolute Gasteiger partial charge is 0.254 e. The number of carbonyl (C=O) groups excluding carboxylic acids is 4. The van der Waals surface area contributed by atoms with Crippen LogP contribution in [-0.2, 0) is 24.6 Å². The second-order valence-electron chi connectivity index (χ2n) is 14.5. The van der Waals surface area contributed by atoms with Crippen molar-refractivity contribution in [1.82, 2.24) is 5.01 Å². The van der Waals surface area contributed by atoms with Gasteiger partial charge in [0, 0.05) is 24.0 Å². The van der Waals surface area contributed by atoms with Crippen LogP contribution in [0, 0.1) is 23.7 Å². The number of rotatable bonds is 3. The van der Waals surface area contributed by atoms with Gasteiger partial charge in [-0.3, -0.25) is 19.2 Å². The van der Waals surface area contributed by atoms with Crippen LogP contribution >= 0.6 is 11.6 Å². The van der Waals surface area contributed by atoms with E-state index in [1.807, 2.05) is 72.8 Å². The molecule has 8 aliphatic rings. The monoisotopic (exact) mass is 685 g/mol. The molecular formula is C43H28ClN3O4. The molecule has 6 aliphatic carbocycles. The molecule has 8 heteroatoms. The van der Waals surface area contributed by atoms with Crippen LogP contribution in [0.2, 0.25) is 5.02 Å². The number of imide groups is 2. The van der Waals surface area contributed by atoms with Gasteiger partial charge >= 0.3 is 0 Å². The Bertz CT molecular complexity index is 2310. The van der Waals surface area contributed by atoms with Crippen LogP contribution in [0.15, 0.2) is 126 Å². The maximum absolute atomic E-state index is 14.8. The van der Waals surface area contributed by atoms with Gasteiger partial charge in [-0.05, 0) is 56.6 Å². The van der Waals surface area contributed by atoms with Gasteiger partial charge in [0.15, 0.2) is 0 Å². The lowest BCUT2D eigenvalue weighted by Gasteiger charge is -2.52. The maximum atomic E-state index is 14.8. The Hall–Kier alpha value is -5.66. The molecule has 0 N–H and O–H groups in total. The van der Waals surface area contributed by atoms with E-state index in [9.17, 15) is 19.2 Å². The summed E-state index contributed by atoms with van der Waals surface area (Å²) in [7, 11) is 0. The lowest BCUT2D eigenvalue weighted by atomic mass is 9.47. The van der Waals surface area contributed by atoms with E-state index >= 15 is 0 Å². The first-order valence-corrected chi connectivity index (χ1v) is 17.7. The number of hydrogen-bond donors (Lipinski definition) is 0. The summed E-state index contributed by atoms with van der Waals surface area (Å²) in [5, 5.41) is 6.22. The molecule has 4 atom stereocenters. The van der Waals surface area contributed by atoms with E-state index in [2.05, 4.69) is 24.3 Å². The highest BCUT2D eigenvalue weighted by Gasteiger charge is 2.69. The van der Waals surface area contributed by atoms with E-state index < -0.39 is 29.1 Å². The first-order valence-electron chi connectivity index (χ1n) is 17.3. The van der Waals surface area contributed by atoms with Crippen molar-refractivity contribution in [2.24, 2.45) is 28.8 Å². The summed E-state index contributed by atoms with van der Waals surface area (Å²) in [4.78, 5) is 59.8. The van der Waals surface area contributed by atoms with Crippen molar-refractivity contribution in [3.05, 3.63) is 171 Å². The number of carbonyl (C=O) groups is 4. The minimum atomic E-state index is -1.24. The Labute approximate surface area is 298 Å². The predicted molar refractivity (Wildman–Crippen MR) is 190 cm³/mol. The molecule has 51 heavy (non-hydrogen) atoms. The molecule has 13 rings (SSSR count). The van der Waals surface area contributed by atoms with Gasteiger partial charge in [-0.2, -0.15) is 10.1 Å². The summed E-state index contributed by atoms with van der Waals surface area (Å²) in [5.74, 6) is -5.09. The summed E-state index contributed by atoms with van der Waals surface area (Å²) in [5.41, 5.74) is 6.98. The SMILES string of the molecule is O=C1[C@@H]2C3c4ccccc4C(c4ccccc43)[C@@H]2C(=O)N1/N=C\C12c3ccccc3C(c3ccccc31)[C@@H]1C(=O)N(c3ccccc3Cl)C(=O)[C@H]12. The number of nitrogens with zero attached hydrogens (tertiary/aromatic N) is 3. The topological polar surface area (TPSA) is 87.1 Å². The minimum Gasteiger partial charge on any atom is -0.274 e. The zero-order chi connectivity index (χ0) is 34.3. The molecule has 2 aliphatic heterocycles. The normalized spacial score (nSPS) is 30.3. The molecular weight excluding hydrogens is 658 g/mol. The van der Waals surface area contributed by atoms with E-state index in [-0.39, 0.29) is 41.4 Å². The van der Waals surface area contributed by atoms with Gasteiger partial charge in [-0.25, -0.2) is 4.90 Å². The van der Waals surface area contributed by atoms with Gasteiger partial charge in [0.25, 0.3) is 11.8 Å². The van der Waals surface area contributed by atoms with Crippen molar-refractivity contribution in [3.63, 3.8) is 0 Å². The highest BCUT2D eigenvalue weighted by Crippen LogP contribution is 2.65. The van der Waals surface area contributed by atoms with Crippen molar-refractivity contribution in [2.45, 2.75) is 23.2 Å². The largest absolute Gasteiger partial charge is 0.274 e. The Kier molecular flexibility index (Phi) is 5.70. The molecule has 0 spiro atoms. The van der Waals surface area contributed by atoms with Crippen molar-refractivity contribution >= 4 is 47.1 Å². The van der Waals surface area contributed by atoms with Crippen LogP contribution in [0.1, 0.15) is 62.3 Å². The Morgan fingerprint density at radius 1 is 0.510 bits per heavy atom. The average Bonchev–Trinajstić information content (AvgIpc) is 3.59. The first kappa shape index (κ1) is 29.1. The lowest BCUT2D eigenvalue weighted by Crippen LogP contribution is -2.55. The molecule has 2 saturated heterocycles. The molecule has 7 nitrogen and oxygen atoms in total. The Balaban J connectivity index is 1.09. The highest BCUT2D eigenvalue weighted by molar-refractivity contribution is 6.36. The molecule has 0 aromatic heterocycles. The van der Waals surface area contributed by atoms with Crippen LogP contribution in [0.4, 0.5) is 5.69 Å². The minimum absolute atomic E-state index is 0.267. The second kappa shape index (κ2) is 9.98. The number of amides is 4. The zero-order valence-electron chi connectivity index (χ0n) is 27.0. The van der Waals surface area contributed by atoms with Crippen LogP contribution in [-0.4, -0.2) is 34.9 Å². The van der Waals surface area contributed by atoms with E-state index in [0.29, 0.717) is 10.7 Å². The standard InChI is InChI=1S/C43H28ClN3O4/c44-30-19-9-10-20-31(30)46-39(48)37-34-26-15-5-7-17-28(26)43(38(37)42(46)51,29-18-8-6-16-27(29)34)21-45-47-40(49)35-32-22-11-1-2-12-23(22)33(36(35)41(47)50)25-14-4-3-13-24(25)32/h1-21,32-38H/b45-21-/t32?,33?,34?,35-,36+,37-,38-,43?/m0/s1. The van der Waals surface area contributed by atoms with E-state index in [4.69, 9.17) is 16.7 Å². The summed E-state index contributed by atoms with van der Waals surface area (Å²) >= 11 is 6.61. The second-order valence-corrected chi connectivity index (χ2v) is 14.9. The van der Waals surface area contributed by atoms with Gasteiger partial charge in [0.2, 0.25) is 11.8 Å². The molecule has 0 saturated carbocycles. The summed E-state index contributed by atoms with van der Waals surface area (Å²) in [6.45, 7) is 0. The van der Waals surface area contributed by atoms with Crippen LogP contribution < -0.4 is 4.90 Å². The van der Waals surface area contributed by atoms with Crippen LogP contribution in [0.25, 0.3) is 0 Å². The van der Waals surface area contributed by atoms with Crippen molar-refractivity contribution in [2.75, 3.05) is 4.90 Å². The predicted octanol–water partition coefficient (Wildman–Crippen LogP) is 6.77. The van der Waals surface area contributed by atoms with Crippen molar-refractivity contribution in [3.8, 4) is 0 Å². The summed E-state index contributed by atoms with van der Waals surface area (Å²) < 4.78 is 0. The number of hydrazone groups is 1. The number of benzene rings is 5. The van der Waals surface area contributed by atoms with Crippen LogP contribution in [0.5, 0.6) is 0 Å². The first-order chi connectivity index (χ1) is 24.9. The summed E-state index contributed by atoms with van der Waals surface area (Å²) in [6.07, 6.45) is 1.63. The molecule has 0 unspecified atom stereocenters. The van der Waals surface area contributed by atoms with Gasteiger partial charge in [0.05, 0.1) is 39.8 Å². The summed E-state index contributed by atoms with van der Waals surface area (Å²) in [6, 6.07) is 38.8. The van der Waals surface area contributed by atoms with Crippen LogP contribution in [0.3, 0.4) is 0 Å². The average molecular weight is 686 g/mol. The Morgan fingerprint density at radius 2 is 0.941 bits per heavy atom. The molecule has 0 radical (unpaired) electrons. The number of halogens is 1. The third kappa shape index (κ3) is 3.38. The van der Waals surface area contributed by atoms with E-state index in [1.54, 1.807) is 30.5 Å². The maximum Gasteiger partial charge on any atom is 0.254 e. The molecule has 4 bridgehead atoms. The van der Waals surface area contributed by atoms with Gasteiger partial charge < -0.3 is 0 Å². The number of hydrogen-bond acceptors (Lipinski definition) is 5. The van der Waals surface area contributed by atoms with Gasteiger partial charge in [0.1, 0.15) is 0 Å². The number of anilines is 1. The third-order valence-corrected chi connectivity index (χ3v) is 12.9. The quantitative estimate of drug-likeness (QED) is 0.155. The number of para-hydroxylation sites is 1. The fourth-order valence-electron chi connectivity index (χ4n) is 10.8. The molecule has 2 heterocycles. The molecule has 5 aromatic carbocycles. The van der Waals surface area contributed by atoms with Gasteiger partial charge in [-0.1, -0.05) is 121 Å². The van der Waals surface area contributed by atoms with E-state index in [0.717, 1.165) is 49.5 Å².